The SMILES string of the molecule is CC(C)COC1CCCN(C(=O)CN2CCC(c3ccnc4cnc5[nH]ccc5c34)CC2)C1. The molecule has 5 rings (SSSR count). The van der Waals surface area contributed by atoms with Gasteiger partial charge in [-0.1, -0.05) is 13.8 Å². The van der Waals surface area contributed by atoms with Gasteiger partial charge in [-0.15, -0.1) is 0 Å². The van der Waals surface area contributed by atoms with Crippen LogP contribution in [-0.4, -0.2) is 76.1 Å². The van der Waals surface area contributed by atoms with Crippen LogP contribution in [0.1, 0.15) is 51.0 Å². The topological polar surface area (TPSA) is 74.3 Å². The second-order valence-corrected chi connectivity index (χ2v) is 10.0. The maximum atomic E-state index is 13.0. The average molecular weight is 450 g/mol. The Morgan fingerprint density at radius 3 is 2.85 bits per heavy atom. The van der Waals surface area contributed by atoms with Crippen LogP contribution in [0.25, 0.3) is 21.9 Å². The maximum Gasteiger partial charge on any atom is 0.236 e. The van der Waals surface area contributed by atoms with E-state index < -0.39 is 0 Å². The van der Waals surface area contributed by atoms with Crippen LogP contribution < -0.4 is 0 Å². The molecule has 7 nitrogen and oxygen atoms in total. The molecule has 0 aliphatic carbocycles. The number of nitrogens with zero attached hydrogens (tertiary/aromatic N) is 4. The molecule has 1 amide bonds. The molecule has 3 aromatic heterocycles. The zero-order valence-corrected chi connectivity index (χ0v) is 19.8. The number of hydrogen-bond donors (Lipinski definition) is 1. The molecule has 7 heteroatoms. The Labute approximate surface area is 195 Å². The van der Waals surface area contributed by atoms with Gasteiger partial charge in [0, 0.05) is 42.9 Å². The highest BCUT2D eigenvalue weighted by atomic mass is 16.5. The lowest BCUT2D eigenvalue weighted by Crippen LogP contribution is -2.48. The van der Waals surface area contributed by atoms with Crippen LogP contribution in [0.15, 0.2) is 30.7 Å². The van der Waals surface area contributed by atoms with E-state index in [9.17, 15) is 4.79 Å². The van der Waals surface area contributed by atoms with Crippen molar-refractivity contribution in [2.45, 2.75) is 51.6 Å². The van der Waals surface area contributed by atoms with Gasteiger partial charge in [-0.05, 0) is 68.3 Å². The van der Waals surface area contributed by atoms with E-state index in [1.54, 1.807) is 0 Å². The molecule has 3 aromatic rings. The molecule has 0 bridgehead atoms. The van der Waals surface area contributed by atoms with Gasteiger partial charge in [-0.25, -0.2) is 4.98 Å². The number of aromatic amines is 1. The molecule has 176 valence electrons. The molecule has 2 fully saturated rings. The van der Waals surface area contributed by atoms with Crippen molar-refractivity contribution in [1.29, 1.82) is 0 Å². The molecule has 0 aromatic carbocycles. The number of piperidine rings is 2. The van der Waals surface area contributed by atoms with Gasteiger partial charge in [0.2, 0.25) is 5.91 Å². The van der Waals surface area contributed by atoms with E-state index in [0.29, 0.717) is 18.4 Å². The van der Waals surface area contributed by atoms with Crippen molar-refractivity contribution in [2.24, 2.45) is 5.92 Å². The summed E-state index contributed by atoms with van der Waals surface area (Å²) in [5.41, 5.74) is 3.23. The maximum absolute atomic E-state index is 13.0. The van der Waals surface area contributed by atoms with Crippen molar-refractivity contribution >= 4 is 27.8 Å². The number of pyridine rings is 2. The third-order valence-corrected chi connectivity index (χ3v) is 7.11. The third-order valence-electron chi connectivity index (χ3n) is 7.11. The van der Waals surface area contributed by atoms with Crippen molar-refractivity contribution in [3.63, 3.8) is 0 Å². The summed E-state index contributed by atoms with van der Waals surface area (Å²) in [6.45, 7) is 9.13. The zero-order valence-electron chi connectivity index (χ0n) is 19.8. The standard InChI is InChI=1S/C26H35N5O2/c1-18(2)17-33-20-4-3-11-31(15-20)24(32)16-30-12-7-19(8-13-30)21-5-9-27-23-14-29-26-22(25(21)23)6-10-28-26/h5-6,9-10,14,18-20H,3-4,7-8,11-13,15-17H2,1-2H3,(H,28,29). The van der Waals surface area contributed by atoms with Crippen LogP contribution in [0.2, 0.25) is 0 Å². The van der Waals surface area contributed by atoms with Gasteiger partial charge in [0.15, 0.2) is 0 Å². The molecular weight excluding hydrogens is 414 g/mol. The van der Waals surface area contributed by atoms with Crippen LogP contribution >= 0.6 is 0 Å². The van der Waals surface area contributed by atoms with Gasteiger partial charge >= 0.3 is 0 Å². The monoisotopic (exact) mass is 449 g/mol. The molecule has 2 aliphatic heterocycles. The minimum absolute atomic E-state index is 0.190. The first-order chi connectivity index (χ1) is 16.1. The van der Waals surface area contributed by atoms with E-state index in [1.165, 1.54) is 10.9 Å². The van der Waals surface area contributed by atoms with Crippen molar-refractivity contribution in [1.82, 2.24) is 24.8 Å². The molecule has 0 spiro atoms. The summed E-state index contributed by atoms with van der Waals surface area (Å²) in [7, 11) is 0. The fourth-order valence-corrected chi connectivity index (χ4v) is 5.34. The molecule has 5 heterocycles. The lowest BCUT2D eigenvalue weighted by Gasteiger charge is -2.36. The van der Waals surface area contributed by atoms with Gasteiger partial charge in [0.1, 0.15) is 5.65 Å². The van der Waals surface area contributed by atoms with Crippen molar-refractivity contribution in [3.05, 3.63) is 36.3 Å². The normalized spacial score (nSPS) is 20.8. The Morgan fingerprint density at radius 2 is 2.03 bits per heavy atom. The van der Waals surface area contributed by atoms with Gasteiger partial charge < -0.3 is 14.6 Å². The lowest BCUT2D eigenvalue weighted by molar-refractivity contribution is -0.137. The fourth-order valence-electron chi connectivity index (χ4n) is 5.34. The van der Waals surface area contributed by atoms with Crippen molar-refractivity contribution < 1.29 is 9.53 Å². The molecule has 1 N–H and O–H groups in total. The second-order valence-electron chi connectivity index (χ2n) is 10.0. The van der Waals surface area contributed by atoms with Gasteiger partial charge in [-0.3, -0.25) is 14.7 Å². The van der Waals surface area contributed by atoms with E-state index in [0.717, 1.165) is 75.0 Å². The van der Waals surface area contributed by atoms with Crippen molar-refractivity contribution in [3.8, 4) is 0 Å². The first-order valence-corrected chi connectivity index (χ1v) is 12.4. The number of amides is 1. The summed E-state index contributed by atoms with van der Waals surface area (Å²) in [5, 5.41) is 2.37. The summed E-state index contributed by atoms with van der Waals surface area (Å²) in [5.74, 6) is 1.26. The molecule has 2 aliphatic rings. The highest BCUT2D eigenvalue weighted by Gasteiger charge is 2.28. The number of fused-ring (bicyclic) bond motifs is 3. The number of carbonyl (C=O) groups is 1. The summed E-state index contributed by atoms with van der Waals surface area (Å²) in [4.78, 5) is 29.6. The fraction of sp³-hybridized carbons (Fsp3) is 0.577. The van der Waals surface area contributed by atoms with Crippen LogP contribution in [-0.2, 0) is 9.53 Å². The summed E-state index contributed by atoms with van der Waals surface area (Å²) in [6.07, 6.45) is 10.1. The number of aromatic nitrogens is 3. The average Bonchev–Trinajstić information content (AvgIpc) is 3.32. The third kappa shape index (κ3) is 4.89. The van der Waals surface area contributed by atoms with E-state index in [-0.39, 0.29) is 12.0 Å². The van der Waals surface area contributed by atoms with E-state index in [4.69, 9.17) is 4.74 Å². The number of likely N-dealkylation sites (tertiary alicyclic amines) is 2. The Hall–Kier alpha value is -2.51. The van der Waals surface area contributed by atoms with Crippen LogP contribution in [0.5, 0.6) is 0 Å². The van der Waals surface area contributed by atoms with Crippen LogP contribution in [0, 0.1) is 5.92 Å². The van der Waals surface area contributed by atoms with E-state index in [1.807, 2.05) is 23.5 Å². The predicted molar refractivity (Wildman–Crippen MR) is 130 cm³/mol. The second kappa shape index (κ2) is 9.77. The van der Waals surface area contributed by atoms with Gasteiger partial charge in [-0.2, -0.15) is 0 Å². The Kier molecular flexibility index (Phi) is 6.60. The van der Waals surface area contributed by atoms with Gasteiger partial charge in [0.05, 0.1) is 24.4 Å². The molecule has 0 saturated carbocycles. The number of ether oxygens (including phenoxy) is 1. The largest absolute Gasteiger partial charge is 0.376 e. The van der Waals surface area contributed by atoms with Crippen LogP contribution in [0.3, 0.4) is 0 Å². The number of carbonyl (C=O) groups excluding carboxylic acids is 1. The van der Waals surface area contributed by atoms with Crippen LogP contribution in [0.4, 0.5) is 0 Å². The Morgan fingerprint density at radius 1 is 1.18 bits per heavy atom. The quantitative estimate of drug-likeness (QED) is 0.617. The molecule has 33 heavy (non-hydrogen) atoms. The number of hydrogen-bond acceptors (Lipinski definition) is 5. The predicted octanol–water partition coefficient (Wildman–Crippen LogP) is 3.95. The first-order valence-electron chi connectivity index (χ1n) is 12.4. The number of H-pyrrole nitrogens is 1. The minimum atomic E-state index is 0.190. The van der Waals surface area contributed by atoms with E-state index in [2.05, 4.69) is 45.8 Å². The Bertz CT molecular complexity index is 1100. The van der Waals surface area contributed by atoms with Crippen molar-refractivity contribution in [2.75, 3.05) is 39.3 Å². The van der Waals surface area contributed by atoms with Gasteiger partial charge in [0.25, 0.3) is 0 Å². The minimum Gasteiger partial charge on any atom is -0.376 e. The number of nitrogens with one attached hydrogen (secondary N) is 1. The molecule has 0 radical (unpaired) electrons. The molecule has 1 unspecified atom stereocenters. The zero-order chi connectivity index (χ0) is 22.8. The smallest absolute Gasteiger partial charge is 0.236 e. The van der Waals surface area contributed by atoms with E-state index >= 15 is 0 Å². The lowest BCUT2D eigenvalue weighted by atomic mass is 9.87. The molecular formula is C26H35N5O2. The molecule has 1 atom stereocenters. The highest BCUT2D eigenvalue weighted by Crippen LogP contribution is 2.35. The summed E-state index contributed by atoms with van der Waals surface area (Å²) < 4.78 is 6.02. The summed E-state index contributed by atoms with van der Waals surface area (Å²) >= 11 is 0. The summed E-state index contributed by atoms with van der Waals surface area (Å²) in [6, 6.07) is 4.27. The molecule has 2 saturated heterocycles. The number of rotatable bonds is 6. The Balaban J connectivity index is 1.20. The highest BCUT2D eigenvalue weighted by molar-refractivity contribution is 6.05. The first kappa shape index (κ1) is 22.3.